The van der Waals surface area contributed by atoms with Crippen molar-refractivity contribution in [3.63, 3.8) is 0 Å². The Morgan fingerprint density at radius 3 is 2.58 bits per heavy atom. The highest BCUT2D eigenvalue weighted by Crippen LogP contribution is 2.17. The zero-order valence-electron chi connectivity index (χ0n) is 10.4. The van der Waals surface area contributed by atoms with Crippen LogP contribution in [0.25, 0.3) is 0 Å². The van der Waals surface area contributed by atoms with Gasteiger partial charge in [-0.3, -0.25) is 10.1 Å². The third-order valence-corrected chi connectivity index (χ3v) is 3.15. The average Bonchev–Trinajstić information content (AvgIpc) is 2.43. The van der Waals surface area contributed by atoms with Gasteiger partial charge in [-0.1, -0.05) is 18.2 Å². The van der Waals surface area contributed by atoms with Gasteiger partial charge in [-0.25, -0.2) is 4.79 Å². The molecule has 0 radical (unpaired) electrons. The number of carbonyl (C=O) groups excluding carboxylic acids is 2. The first kappa shape index (κ1) is 15.3. The van der Waals surface area contributed by atoms with Crippen LogP contribution in [0, 0.1) is 0 Å². The number of amides is 3. The number of urea groups is 1. The van der Waals surface area contributed by atoms with Crippen LogP contribution >= 0.6 is 11.8 Å². The van der Waals surface area contributed by atoms with Gasteiger partial charge >= 0.3 is 6.03 Å². The Balaban J connectivity index is 2.32. The average molecular weight is 280 g/mol. The summed E-state index contributed by atoms with van der Waals surface area (Å²) >= 11 is 1.32. The first-order valence-electron chi connectivity index (χ1n) is 5.67. The van der Waals surface area contributed by atoms with E-state index in [9.17, 15) is 9.59 Å². The van der Waals surface area contributed by atoms with E-state index in [-0.39, 0.29) is 18.3 Å². The van der Waals surface area contributed by atoms with Crippen LogP contribution in [0.5, 0.6) is 0 Å². The SMILES string of the molecule is C=CCNC(=O)NC(=O)CSc1ccc(CO)cc1. The molecule has 0 aliphatic carbocycles. The third-order valence-electron chi connectivity index (χ3n) is 2.14. The van der Waals surface area contributed by atoms with Crippen molar-refractivity contribution in [2.45, 2.75) is 11.5 Å². The number of imide groups is 1. The summed E-state index contributed by atoms with van der Waals surface area (Å²) in [6.07, 6.45) is 1.53. The predicted octanol–water partition coefficient (Wildman–Crippen LogP) is 1.28. The molecule has 3 N–H and O–H groups in total. The van der Waals surface area contributed by atoms with Gasteiger partial charge in [-0.15, -0.1) is 18.3 Å². The normalized spacial score (nSPS) is 9.74. The summed E-state index contributed by atoms with van der Waals surface area (Å²) in [6, 6.07) is 6.69. The fourth-order valence-electron chi connectivity index (χ4n) is 1.21. The molecule has 0 heterocycles. The van der Waals surface area contributed by atoms with Crippen molar-refractivity contribution in [2.24, 2.45) is 0 Å². The fraction of sp³-hybridized carbons (Fsp3) is 0.231. The summed E-state index contributed by atoms with van der Waals surface area (Å²) in [7, 11) is 0. The first-order chi connectivity index (χ1) is 9.15. The van der Waals surface area contributed by atoms with Crippen LogP contribution < -0.4 is 10.6 Å². The molecule has 0 saturated carbocycles. The smallest absolute Gasteiger partial charge is 0.321 e. The van der Waals surface area contributed by atoms with Gasteiger partial charge in [0.25, 0.3) is 0 Å². The van der Waals surface area contributed by atoms with E-state index in [1.807, 2.05) is 12.1 Å². The third kappa shape index (κ3) is 6.08. The van der Waals surface area contributed by atoms with Gasteiger partial charge in [0.1, 0.15) is 0 Å². The molecule has 1 aromatic carbocycles. The van der Waals surface area contributed by atoms with E-state index in [4.69, 9.17) is 5.11 Å². The van der Waals surface area contributed by atoms with E-state index in [1.165, 1.54) is 17.8 Å². The molecule has 0 aliphatic rings. The van der Waals surface area contributed by atoms with Crippen LogP contribution in [-0.4, -0.2) is 29.3 Å². The molecule has 0 spiro atoms. The number of rotatable bonds is 6. The van der Waals surface area contributed by atoms with Crippen LogP contribution in [0.4, 0.5) is 4.79 Å². The van der Waals surface area contributed by atoms with Crippen molar-refractivity contribution in [1.29, 1.82) is 0 Å². The second-order valence-electron chi connectivity index (χ2n) is 3.64. The Kier molecular flexibility index (Phi) is 6.70. The van der Waals surface area contributed by atoms with Gasteiger partial charge in [-0.2, -0.15) is 0 Å². The molecule has 102 valence electrons. The molecule has 3 amide bonds. The first-order valence-corrected chi connectivity index (χ1v) is 6.65. The minimum atomic E-state index is -0.527. The summed E-state index contributed by atoms with van der Waals surface area (Å²) in [5, 5.41) is 13.6. The van der Waals surface area contributed by atoms with Crippen molar-refractivity contribution >= 4 is 23.7 Å². The number of aliphatic hydroxyl groups excluding tert-OH is 1. The molecule has 0 aliphatic heterocycles. The highest BCUT2D eigenvalue weighted by Gasteiger charge is 2.07. The monoisotopic (exact) mass is 280 g/mol. The van der Waals surface area contributed by atoms with Crippen LogP contribution in [0.1, 0.15) is 5.56 Å². The van der Waals surface area contributed by atoms with Crippen LogP contribution in [0.3, 0.4) is 0 Å². The van der Waals surface area contributed by atoms with Crippen molar-refractivity contribution in [1.82, 2.24) is 10.6 Å². The maximum absolute atomic E-state index is 11.5. The molecular formula is C13H16N2O3S. The maximum Gasteiger partial charge on any atom is 0.321 e. The van der Waals surface area contributed by atoms with Crippen LogP contribution in [-0.2, 0) is 11.4 Å². The summed E-state index contributed by atoms with van der Waals surface area (Å²) in [5.74, 6) is -0.210. The number of hydrogen-bond donors (Lipinski definition) is 3. The minimum absolute atomic E-state index is 0.00505. The quantitative estimate of drug-likeness (QED) is 0.542. The zero-order valence-corrected chi connectivity index (χ0v) is 11.2. The largest absolute Gasteiger partial charge is 0.392 e. The molecule has 19 heavy (non-hydrogen) atoms. The van der Waals surface area contributed by atoms with E-state index in [0.29, 0.717) is 6.54 Å². The number of aliphatic hydroxyl groups is 1. The zero-order chi connectivity index (χ0) is 14.1. The number of hydrogen-bond acceptors (Lipinski definition) is 4. The second kappa shape index (κ2) is 8.34. The molecule has 5 nitrogen and oxygen atoms in total. The molecular weight excluding hydrogens is 264 g/mol. The van der Waals surface area contributed by atoms with Crippen molar-refractivity contribution < 1.29 is 14.7 Å². The maximum atomic E-state index is 11.5. The lowest BCUT2D eigenvalue weighted by Gasteiger charge is -2.05. The Bertz CT molecular complexity index is 446. The molecule has 6 heteroatoms. The van der Waals surface area contributed by atoms with Gasteiger partial charge < -0.3 is 10.4 Å². The molecule has 0 aromatic heterocycles. The summed E-state index contributed by atoms with van der Waals surface area (Å²) < 4.78 is 0. The van der Waals surface area contributed by atoms with E-state index in [1.54, 1.807) is 12.1 Å². The lowest BCUT2D eigenvalue weighted by molar-refractivity contribution is -0.117. The van der Waals surface area contributed by atoms with E-state index < -0.39 is 6.03 Å². The molecule has 0 unspecified atom stereocenters. The van der Waals surface area contributed by atoms with Gasteiger partial charge in [0.2, 0.25) is 5.91 Å². The molecule has 0 fully saturated rings. The van der Waals surface area contributed by atoms with Crippen molar-refractivity contribution in [2.75, 3.05) is 12.3 Å². The molecule has 1 rings (SSSR count). The summed E-state index contributed by atoms with van der Waals surface area (Å²) in [6.45, 7) is 3.76. The molecule has 0 bridgehead atoms. The van der Waals surface area contributed by atoms with Crippen molar-refractivity contribution in [3.8, 4) is 0 Å². The summed E-state index contributed by atoms with van der Waals surface area (Å²) in [5.41, 5.74) is 0.817. The van der Waals surface area contributed by atoms with Crippen molar-refractivity contribution in [3.05, 3.63) is 42.5 Å². The van der Waals surface area contributed by atoms with Gasteiger partial charge in [0.05, 0.1) is 12.4 Å². The molecule has 0 atom stereocenters. The number of nitrogens with one attached hydrogen (secondary N) is 2. The molecule has 0 saturated heterocycles. The van der Waals surface area contributed by atoms with E-state index in [2.05, 4.69) is 17.2 Å². The Labute approximate surface area is 116 Å². The number of benzene rings is 1. The van der Waals surface area contributed by atoms with Gasteiger partial charge in [0, 0.05) is 11.4 Å². The standard InChI is InChI=1S/C13H16N2O3S/c1-2-7-14-13(18)15-12(17)9-19-11-5-3-10(8-16)4-6-11/h2-6,16H,1,7-9H2,(H2,14,15,17,18). The molecule has 1 aromatic rings. The van der Waals surface area contributed by atoms with Crippen LogP contribution in [0.2, 0.25) is 0 Å². The van der Waals surface area contributed by atoms with E-state index >= 15 is 0 Å². The van der Waals surface area contributed by atoms with Gasteiger partial charge in [0.15, 0.2) is 0 Å². The minimum Gasteiger partial charge on any atom is -0.392 e. The summed E-state index contributed by atoms with van der Waals surface area (Å²) in [4.78, 5) is 23.5. The highest BCUT2D eigenvalue weighted by atomic mass is 32.2. The van der Waals surface area contributed by atoms with E-state index in [0.717, 1.165) is 10.5 Å². The Hall–Kier alpha value is -1.79. The lowest BCUT2D eigenvalue weighted by atomic mass is 10.2. The topological polar surface area (TPSA) is 78.4 Å². The highest BCUT2D eigenvalue weighted by molar-refractivity contribution is 8.00. The number of thioether (sulfide) groups is 1. The fourth-order valence-corrected chi connectivity index (χ4v) is 1.91. The second-order valence-corrected chi connectivity index (χ2v) is 4.69. The predicted molar refractivity (Wildman–Crippen MR) is 74.8 cm³/mol. The number of carbonyl (C=O) groups is 2. The van der Waals surface area contributed by atoms with Crippen LogP contribution in [0.15, 0.2) is 41.8 Å². The Morgan fingerprint density at radius 2 is 2.00 bits per heavy atom. The van der Waals surface area contributed by atoms with Gasteiger partial charge in [-0.05, 0) is 17.7 Å². The Morgan fingerprint density at radius 1 is 1.32 bits per heavy atom. The lowest BCUT2D eigenvalue weighted by Crippen LogP contribution is -2.40.